The second kappa shape index (κ2) is 11.5. The second-order valence-electron chi connectivity index (χ2n) is 6.41. The number of unbranched alkanes of at least 4 members (excludes halogenated alkanes) is 2. The van der Waals surface area contributed by atoms with E-state index in [0.717, 1.165) is 29.7 Å². The van der Waals surface area contributed by atoms with Crippen LogP contribution >= 0.6 is 11.8 Å². The van der Waals surface area contributed by atoms with Gasteiger partial charge in [0, 0.05) is 6.54 Å². The van der Waals surface area contributed by atoms with Gasteiger partial charge in [-0.15, -0.1) is 11.8 Å². The molecule has 2 rings (SSSR count). The molecule has 0 aromatic heterocycles. The number of nitrogens with one attached hydrogen (secondary N) is 1. The molecule has 0 aliphatic rings. The van der Waals surface area contributed by atoms with Gasteiger partial charge in [0.2, 0.25) is 0 Å². The molecule has 2 aromatic rings. The Morgan fingerprint density at radius 3 is 2.54 bits per heavy atom. The fraction of sp³-hybridized carbons (Fsp3) is 0.409. The molecule has 1 amide bonds. The number of rotatable bonds is 11. The Morgan fingerprint density at radius 2 is 1.89 bits per heavy atom. The van der Waals surface area contributed by atoms with E-state index in [1.165, 1.54) is 11.8 Å². The number of ether oxygens (including phenoxy) is 2. The summed E-state index contributed by atoms with van der Waals surface area (Å²) in [6, 6.07) is 10.6. The fourth-order valence-corrected chi connectivity index (χ4v) is 3.55. The molecule has 0 aliphatic heterocycles. The number of phenols is 1. The average molecular weight is 404 g/mol. The third-order valence-electron chi connectivity index (χ3n) is 4.37. The lowest BCUT2D eigenvalue weighted by Gasteiger charge is -2.17. The van der Waals surface area contributed by atoms with Gasteiger partial charge in [-0.3, -0.25) is 4.79 Å². The van der Waals surface area contributed by atoms with Crippen molar-refractivity contribution in [2.75, 3.05) is 26.5 Å². The Labute approximate surface area is 171 Å². The van der Waals surface area contributed by atoms with E-state index in [1.807, 2.05) is 18.4 Å². The number of amides is 1. The minimum atomic E-state index is -0.135. The van der Waals surface area contributed by atoms with Crippen LogP contribution < -0.4 is 14.8 Å². The standard InChI is InChI=1S/C22H29NO4S/c1-4-5-6-15-27-20-19(26-2)12-11-18(21(20)28-3)22(25)23-14-13-16-7-9-17(24)10-8-16/h7-12,24H,4-6,13-15H2,1-3H3,(H,23,25). The maximum absolute atomic E-state index is 12.7. The van der Waals surface area contributed by atoms with Crippen molar-refractivity contribution in [2.24, 2.45) is 0 Å². The third-order valence-corrected chi connectivity index (χ3v) is 5.19. The zero-order valence-corrected chi connectivity index (χ0v) is 17.6. The van der Waals surface area contributed by atoms with E-state index >= 15 is 0 Å². The molecule has 2 N–H and O–H groups in total. The highest BCUT2D eigenvalue weighted by Gasteiger charge is 2.19. The number of hydrogen-bond donors (Lipinski definition) is 2. The molecule has 0 heterocycles. The van der Waals surface area contributed by atoms with Crippen molar-refractivity contribution >= 4 is 17.7 Å². The molecule has 0 saturated heterocycles. The largest absolute Gasteiger partial charge is 0.508 e. The van der Waals surface area contributed by atoms with Gasteiger partial charge in [-0.05, 0) is 48.9 Å². The molecule has 0 radical (unpaired) electrons. The van der Waals surface area contributed by atoms with E-state index in [9.17, 15) is 9.90 Å². The van der Waals surface area contributed by atoms with Crippen LogP contribution in [0.4, 0.5) is 0 Å². The Balaban J connectivity index is 2.07. The molecule has 5 nitrogen and oxygen atoms in total. The number of aromatic hydroxyl groups is 1. The molecule has 152 valence electrons. The van der Waals surface area contributed by atoms with E-state index < -0.39 is 0 Å². The summed E-state index contributed by atoms with van der Waals surface area (Å²) >= 11 is 1.48. The van der Waals surface area contributed by atoms with Gasteiger partial charge in [-0.2, -0.15) is 0 Å². The first-order chi connectivity index (χ1) is 13.6. The molecule has 0 fully saturated rings. The average Bonchev–Trinajstić information content (AvgIpc) is 2.71. The molecule has 0 unspecified atom stereocenters. The second-order valence-corrected chi connectivity index (χ2v) is 7.22. The monoisotopic (exact) mass is 403 g/mol. The lowest BCUT2D eigenvalue weighted by atomic mass is 10.1. The predicted octanol–water partition coefficient (Wildman–Crippen LogP) is 4.66. The molecule has 0 bridgehead atoms. The molecular weight excluding hydrogens is 374 g/mol. The zero-order valence-electron chi connectivity index (χ0n) is 16.8. The summed E-state index contributed by atoms with van der Waals surface area (Å²) in [4.78, 5) is 13.5. The Hall–Kier alpha value is -2.34. The highest BCUT2D eigenvalue weighted by Crippen LogP contribution is 2.39. The number of hydrogen-bond acceptors (Lipinski definition) is 5. The van der Waals surface area contributed by atoms with Crippen molar-refractivity contribution in [3.63, 3.8) is 0 Å². The number of phenolic OH excluding ortho intramolecular Hbond substituents is 1. The highest BCUT2D eigenvalue weighted by molar-refractivity contribution is 7.98. The summed E-state index contributed by atoms with van der Waals surface area (Å²) in [7, 11) is 1.61. The van der Waals surface area contributed by atoms with Crippen LogP contribution in [0.2, 0.25) is 0 Å². The van der Waals surface area contributed by atoms with Crippen molar-refractivity contribution < 1.29 is 19.4 Å². The van der Waals surface area contributed by atoms with E-state index in [1.54, 1.807) is 31.4 Å². The quantitative estimate of drug-likeness (QED) is 0.422. The van der Waals surface area contributed by atoms with Crippen molar-refractivity contribution in [3.05, 3.63) is 47.5 Å². The summed E-state index contributed by atoms with van der Waals surface area (Å²) < 4.78 is 11.4. The predicted molar refractivity (Wildman–Crippen MR) is 114 cm³/mol. The summed E-state index contributed by atoms with van der Waals surface area (Å²) in [6.45, 7) is 3.26. The first kappa shape index (κ1) is 22.0. The Kier molecular flexibility index (Phi) is 9.01. The SMILES string of the molecule is CCCCCOc1c(OC)ccc(C(=O)NCCc2ccc(O)cc2)c1SC. The highest BCUT2D eigenvalue weighted by atomic mass is 32.2. The lowest BCUT2D eigenvalue weighted by molar-refractivity contribution is 0.0950. The van der Waals surface area contributed by atoms with Gasteiger partial charge < -0.3 is 19.9 Å². The Bertz CT molecular complexity index is 762. The van der Waals surface area contributed by atoms with Gasteiger partial charge in [0.15, 0.2) is 11.5 Å². The number of thioether (sulfide) groups is 1. The number of carbonyl (C=O) groups excluding carboxylic acids is 1. The first-order valence-electron chi connectivity index (χ1n) is 9.54. The molecule has 0 saturated carbocycles. The molecule has 0 spiro atoms. The zero-order chi connectivity index (χ0) is 20.4. The van der Waals surface area contributed by atoms with Crippen molar-refractivity contribution in [1.29, 1.82) is 0 Å². The van der Waals surface area contributed by atoms with Crippen LogP contribution in [-0.4, -0.2) is 37.5 Å². The van der Waals surface area contributed by atoms with Crippen LogP contribution in [0.25, 0.3) is 0 Å². The molecule has 0 atom stereocenters. The van der Waals surface area contributed by atoms with Crippen LogP contribution in [-0.2, 0) is 6.42 Å². The summed E-state index contributed by atoms with van der Waals surface area (Å²) in [5.74, 6) is 1.38. The molecular formula is C22H29NO4S. The molecule has 2 aromatic carbocycles. The smallest absolute Gasteiger partial charge is 0.252 e. The van der Waals surface area contributed by atoms with Gasteiger partial charge in [0.1, 0.15) is 5.75 Å². The maximum atomic E-state index is 12.7. The van der Waals surface area contributed by atoms with Crippen molar-refractivity contribution in [3.8, 4) is 17.2 Å². The summed E-state index contributed by atoms with van der Waals surface area (Å²) in [5.41, 5.74) is 1.64. The maximum Gasteiger partial charge on any atom is 0.252 e. The Morgan fingerprint density at radius 1 is 1.14 bits per heavy atom. The van der Waals surface area contributed by atoms with Crippen molar-refractivity contribution in [1.82, 2.24) is 5.32 Å². The van der Waals surface area contributed by atoms with Gasteiger partial charge in [0.05, 0.1) is 24.2 Å². The minimum Gasteiger partial charge on any atom is -0.508 e. The fourth-order valence-electron chi connectivity index (χ4n) is 2.83. The number of benzene rings is 2. The molecule has 28 heavy (non-hydrogen) atoms. The van der Waals surface area contributed by atoms with Crippen LogP contribution in [0.15, 0.2) is 41.3 Å². The van der Waals surface area contributed by atoms with Gasteiger partial charge in [0.25, 0.3) is 5.91 Å². The summed E-state index contributed by atoms with van der Waals surface area (Å²) in [5, 5.41) is 12.3. The molecule has 6 heteroatoms. The van der Waals surface area contributed by atoms with E-state index in [-0.39, 0.29) is 11.7 Å². The number of carbonyl (C=O) groups is 1. The minimum absolute atomic E-state index is 0.135. The van der Waals surface area contributed by atoms with Crippen LogP contribution in [0.3, 0.4) is 0 Å². The van der Waals surface area contributed by atoms with Crippen LogP contribution in [0.1, 0.15) is 42.1 Å². The van der Waals surface area contributed by atoms with Crippen LogP contribution in [0.5, 0.6) is 17.2 Å². The lowest BCUT2D eigenvalue weighted by Crippen LogP contribution is -2.26. The topological polar surface area (TPSA) is 67.8 Å². The van der Waals surface area contributed by atoms with Gasteiger partial charge in [-0.25, -0.2) is 0 Å². The normalized spacial score (nSPS) is 10.5. The number of methoxy groups -OCH3 is 1. The first-order valence-corrected chi connectivity index (χ1v) is 10.8. The summed E-state index contributed by atoms with van der Waals surface area (Å²) in [6.07, 6.45) is 5.82. The third kappa shape index (κ3) is 6.09. The van der Waals surface area contributed by atoms with Gasteiger partial charge >= 0.3 is 0 Å². The van der Waals surface area contributed by atoms with Crippen molar-refractivity contribution in [2.45, 2.75) is 37.5 Å². The van der Waals surface area contributed by atoms with Crippen LogP contribution in [0, 0.1) is 0 Å². The van der Waals surface area contributed by atoms with E-state index in [0.29, 0.717) is 36.6 Å². The molecule has 0 aliphatic carbocycles. The van der Waals surface area contributed by atoms with E-state index in [4.69, 9.17) is 9.47 Å². The van der Waals surface area contributed by atoms with Gasteiger partial charge in [-0.1, -0.05) is 31.9 Å². The van der Waals surface area contributed by atoms with E-state index in [2.05, 4.69) is 12.2 Å².